The van der Waals surface area contributed by atoms with Crippen LogP contribution in [0.3, 0.4) is 0 Å². The number of aliphatic imine (C=N–C) groups is 1. The first kappa shape index (κ1) is 12.4. The third kappa shape index (κ3) is 4.75. The van der Waals surface area contributed by atoms with Gasteiger partial charge in [-0.1, -0.05) is 13.0 Å². The average molecular weight is 221 g/mol. The SMILES string of the molecule is CCCN=C(NN)NCCc1ccccn1. The van der Waals surface area contributed by atoms with Crippen LogP contribution >= 0.6 is 0 Å². The van der Waals surface area contributed by atoms with Crippen LogP contribution < -0.4 is 16.6 Å². The van der Waals surface area contributed by atoms with Gasteiger partial charge in [0.2, 0.25) is 5.96 Å². The van der Waals surface area contributed by atoms with E-state index < -0.39 is 0 Å². The fourth-order valence-corrected chi connectivity index (χ4v) is 1.23. The molecule has 0 spiro atoms. The number of aromatic nitrogens is 1. The van der Waals surface area contributed by atoms with Gasteiger partial charge in [-0.3, -0.25) is 15.4 Å². The molecule has 0 aliphatic carbocycles. The van der Waals surface area contributed by atoms with Gasteiger partial charge in [-0.2, -0.15) is 0 Å². The topological polar surface area (TPSA) is 75.3 Å². The van der Waals surface area contributed by atoms with E-state index in [1.165, 1.54) is 0 Å². The molecule has 16 heavy (non-hydrogen) atoms. The number of nitrogens with zero attached hydrogens (tertiary/aromatic N) is 2. The molecule has 0 aliphatic heterocycles. The zero-order chi connectivity index (χ0) is 11.6. The van der Waals surface area contributed by atoms with Gasteiger partial charge in [0.1, 0.15) is 0 Å². The number of pyridine rings is 1. The predicted molar refractivity (Wildman–Crippen MR) is 65.9 cm³/mol. The lowest BCUT2D eigenvalue weighted by Crippen LogP contribution is -2.42. The van der Waals surface area contributed by atoms with E-state index in [1.807, 2.05) is 18.2 Å². The molecule has 1 aromatic heterocycles. The van der Waals surface area contributed by atoms with Gasteiger partial charge in [-0.15, -0.1) is 0 Å². The van der Waals surface area contributed by atoms with Crippen LogP contribution in [0.15, 0.2) is 29.4 Å². The summed E-state index contributed by atoms with van der Waals surface area (Å²) in [4.78, 5) is 8.47. The second-order valence-electron chi connectivity index (χ2n) is 3.37. The van der Waals surface area contributed by atoms with Crippen molar-refractivity contribution in [3.63, 3.8) is 0 Å². The van der Waals surface area contributed by atoms with E-state index in [-0.39, 0.29) is 0 Å². The van der Waals surface area contributed by atoms with Gasteiger partial charge in [0.15, 0.2) is 0 Å². The summed E-state index contributed by atoms with van der Waals surface area (Å²) in [5.74, 6) is 5.97. The second-order valence-corrected chi connectivity index (χ2v) is 3.37. The number of nitrogens with one attached hydrogen (secondary N) is 2. The maximum atomic E-state index is 5.33. The molecule has 1 heterocycles. The van der Waals surface area contributed by atoms with Gasteiger partial charge < -0.3 is 5.32 Å². The second kappa shape index (κ2) is 7.64. The highest BCUT2D eigenvalue weighted by Gasteiger charge is 1.96. The maximum absolute atomic E-state index is 5.33. The van der Waals surface area contributed by atoms with Crippen LogP contribution in [0.4, 0.5) is 0 Å². The first-order chi connectivity index (χ1) is 7.86. The molecule has 0 fully saturated rings. The molecule has 0 aliphatic rings. The van der Waals surface area contributed by atoms with Crippen LogP contribution in [0.1, 0.15) is 19.0 Å². The number of hydrogen-bond acceptors (Lipinski definition) is 3. The van der Waals surface area contributed by atoms with Crippen molar-refractivity contribution in [2.45, 2.75) is 19.8 Å². The van der Waals surface area contributed by atoms with Gasteiger partial charge in [0, 0.05) is 31.4 Å². The Bertz CT molecular complexity index is 309. The minimum Gasteiger partial charge on any atom is -0.355 e. The largest absolute Gasteiger partial charge is 0.355 e. The molecule has 5 nitrogen and oxygen atoms in total. The number of guanidine groups is 1. The average Bonchev–Trinajstić information content (AvgIpc) is 2.35. The van der Waals surface area contributed by atoms with Crippen molar-refractivity contribution in [3.8, 4) is 0 Å². The van der Waals surface area contributed by atoms with Crippen LogP contribution in [0.2, 0.25) is 0 Å². The number of rotatable bonds is 5. The van der Waals surface area contributed by atoms with Gasteiger partial charge in [0.25, 0.3) is 0 Å². The minimum atomic E-state index is 0.637. The molecule has 1 rings (SSSR count). The standard InChI is InChI=1S/C11H19N5/c1-2-7-14-11(16-12)15-9-6-10-5-3-4-8-13-10/h3-5,8H,2,6-7,9,12H2,1H3,(H2,14,15,16). The summed E-state index contributed by atoms with van der Waals surface area (Å²) in [6, 6.07) is 5.89. The van der Waals surface area contributed by atoms with Crippen molar-refractivity contribution in [3.05, 3.63) is 30.1 Å². The Morgan fingerprint density at radius 1 is 1.50 bits per heavy atom. The lowest BCUT2D eigenvalue weighted by molar-refractivity contribution is 0.788. The lowest BCUT2D eigenvalue weighted by atomic mass is 10.3. The summed E-state index contributed by atoms with van der Waals surface area (Å²) < 4.78 is 0. The predicted octanol–water partition coefficient (Wildman–Crippen LogP) is 0.443. The molecular weight excluding hydrogens is 202 g/mol. The summed E-state index contributed by atoms with van der Waals surface area (Å²) in [6.45, 7) is 3.62. The summed E-state index contributed by atoms with van der Waals surface area (Å²) in [5.41, 5.74) is 3.60. The summed E-state index contributed by atoms with van der Waals surface area (Å²) in [5, 5.41) is 3.13. The Morgan fingerprint density at radius 2 is 2.38 bits per heavy atom. The molecule has 5 heteroatoms. The highest BCUT2D eigenvalue weighted by atomic mass is 15.3. The Balaban J connectivity index is 2.28. The highest BCUT2D eigenvalue weighted by Crippen LogP contribution is 1.92. The zero-order valence-electron chi connectivity index (χ0n) is 9.61. The van der Waals surface area contributed by atoms with E-state index in [1.54, 1.807) is 6.20 Å². The fraction of sp³-hybridized carbons (Fsp3) is 0.455. The molecule has 0 saturated heterocycles. The summed E-state index contributed by atoms with van der Waals surface area (Å²) in [6.07, 6.45) is 3.66. The van der Waals surface area contributed by atoms with E-state index >= 15 is 0 Å². The van der Waals surface area contributed by atoms with Crippen molar-refractivity contribution >= 4 is 5.96 Å². The van der Waals surface area contributed by atoms with Crippen LogP contribution in [0.25, 0.3) is 0 Å². The molecule has 0 radical (unpaired) electrons. The third-order valence-corrected chi connectivity index (χ3v) is 2.03. The molecule has 0 amide bonds. The summed E-state index contributed by atoms with van der Waals surface area (Å²) >= 11 is 0. The Labute approximate surface area is 96.1 Å². The first-order valence-corrected chi connectivity index (χ1v) is 5.51. The van der Waals surface area contributed by atoms with Gasteiger partial charge in [-0.05, 0) is 18.6 Å². The zero-order valence-corrected chi connectivity index (χ0v) is 9.61. The van der Waals surface area contributed by atoms with Gasteiger partial charge in [0.05, 0.1) is 0 Å². The molecule has 88 valence electrons. The van der Waals surface area contributed by atoms with Crippen molar-refractivity contribution in [2.75, 3.05) is 13.1 Å². The number of nitrogens with two attached hydrogens (primary N) is 1. The highest BCUT2D eigenvalue weighted by molar-refractivity contribution is 5.79. The van der Waals surface area contributed by atoms with Gasteiger partial charge >= 0.3 is 0 Å². The molecule has 4 N–H and O–H groups in total. The van der Waals surface area contributed by atoms with E-state index in [9.17, 15) is 0 Å². The van der Waals surface area contributed by atoms with Crippen molar-refractivity contribution in [2.24, 2.45) is 10.8 Å². The molecular formula is C11H19N5. The molecule has 0 unspecified atom stereocenters. The lowest BCUT2D eigenvalue weighted by Gasteiger charge is -2.08. The third-order valence-electron chi connectivity index (χ3n) is 2.03. The Morgan fingerprint density at radius 3 is 3.00 bits per heavy atom. The maximum Gasteiger partial charge on any atom is 0.205 e. The van der Waals surface area contributed by atoms with Gasteiger partial charge in [-0.25, -0.2) is 5.84 Å². The molecule has 0 atom stereocenters. The fourth-order valence-electron chi connectivity index (χ4n) is 1.23. The van der Waals surface area contributed by atoms with Crippen LogP contribution in [0, 0.1) is 0 Å². The molecule has 0 saturated carbocycles. The monoisotopic (exact) mass is 221 g/mol. The van der Waals surface area contributed by atoms with Crippen LogP contribution in [0.5, 0.6) is 0 Å². The Kier molecular flexibility index (Phi) is 5.95. The molecule has 1 aromatic rings. The van der Waals surface area contributed by atoms with E-state index in [4.69, 9.17) is 5.84 Å². The molecule has 0 aromatic carbocycles. The number of hydrazine groups is 1. The molecule has 0 bridgehead atoms. The normalized spacial score (nSPS) is 11.2. The van der Waals surface area contributed by atoms with Crippen molar-refractivity contribution in [1.29, 1.82) is 0 Å². The summed E-state index contributed by atoms with van der Waals surface area (Å²) in [7, 11) is 0. The quantitative estimate of drug-likeness (QED) is 0.292. The van der Waals surface area contributed by atoms with Crippen molar-refractivity contribution in [1.82, 2.24) is 15.7 Å². The van der Waals surface area contributed by atoms with Crippen LogP contribution in [-0.2, 0) is 6.42 Å². The smallest absolute Gasteiger partial charge is 0.205 e. The van der Waals surface area contributed by atoms with E-state index in [2.05, 4.69) is 27.6 Å². The van der Waals surface area contributed by atoms with Crippen LogP contribution in [-0.4, -0.2) is 24.0 Å². The van der Waals surface area contributed by atoms with Crippen molar-refractivity contribution < 1.29 is 0 Å². The minimum absolute atomic E-state index is 0.637. The first-order valence-electron chi connectivity index (χ1n) is 5.51. The van der Waals surface area contributed by atoms with E-state index in [0.29, 0.717) is 5.96 Å². The number of hydrogen-bond donors (Lipinski definition) is 3. The Hall–Kier alpha value is -1.62. The van der Waals surface area contributed by atoms with E-state index in [0.717, 1.165) is 31.6 Å².